The number of ether oxygens (including phenoxy) is 1. The van der Waals surface area contributed by atoms with Crippen molar-refractivity contribution in [3.05, 3.63) is 28.8 Å². The van der Waals surface area contributed by atoms with E-state index < -0.39 is 6.67 Å². The molecule has 0 aromatic carbocycles. The van der Waals surface area contributed by atoms with Crippen molar-refractivity contribution in [3.63, 3.8) is 0 Å². The van der Waals surface area contributed by atoms with Crippen LogP contribution in [0.5, 0.6) is 17.2 Å². The van der Waals surface area contributed by atoms with Gasteiger partial charge in [-0.05, 0) is 6.08 Å². The van der Waals surface area contributed by atoms with Gasteiger partial charge in [-0.25, -0.2) is 4.39 Å². The number of nitrogens with one attached hydrogen (secondary N) is 1. The number of hydrogen-bond donors (Lipinski definition) is 3. The van der Waals surface area contributed by atoms with E-state index in [4.69, 9.17) is 9.15 Å². The minimum Gasteiger partial charge on any atom is -0.502 e. The number of aromatic hydroxyl groups is 2. The van der Waals surface area contributed by atoms with E-state index in [0.29, 0.717) is 12.2 Å². The highest BCUT2D eigenvalue weighted by Crippen LogP contribution is 2.15. The molecule has 0 saturated heterocycles. The molecule has 0 atom stereocenters. The average molecular weight is 266 g/mol. The third kappa shape index (κ3) is 2.90. The molecule has 2 aromatic heterocycles. The van der Waals surface area contributed by atoms with E-state index >= 15 is 0 Å². The maximum absolute atomic E-state index is 11.9. The summed E-state index contributed by atoms with van der Waals surface area (Å²) in [4.78, 5) is 2.95. The predicted octanol–water partition coefficient (Wildman–Crippen LogP) is 0.801. The molecule has 102 valence electrons. The molecule has 0 aliphatic carbocycles. The van der Waals surface area contributed by atoms with Gasteiger partial charge in [0, 0.05) is 24.4 Å². The van der Waals surface area contributed by atoms with E-state index in [-0.39, 0.29) is 28.9 Å². The van der Waals surface area contributed by atoms with Gasteiger partial charge in [-0.1, -0.05) is 6.58 Å². The molecule has 0 radical (unpaired) electrons. The van der Waals surface area contributed by atoms with Crippen molar-refractivity contribution >= 4 is 12.7 Å². The van der Waals surface area contributed by atoms with Crippen LogP contribution in [0, 0.1) is 0 Å². The Bertz CT molecular complexity index is 659. The van der Waals surface area contributed by atoms with Gasteiger partial charge in [0.05, 0.1) is 0 Å². The van der Waals surface area contributed by atoms with E-state index in [0.717, 1.165) is 5.69 Å². The molecule has 2 aromatic rings. The lowest BCUT2D eigenvalue weighted by Gasteiger charge is -1.96. The SMILES string of the molecule is C=c1o/c(=C/Cc2cc(OCC[18F])c[nH]2)c(O)c1O. The first-order valence-electron chi connectivity index (χ1n) is 5.67. The number of H-pyrrole nitrogens is 1. The summed E-state index contributed by atoms with van der Waals surface area (Å²) in [6.45, 7) is 2.90. The molecule has 0 aliphatic rings. The number of aromatic amines is 1. The van der Waals surface area contributed by atoms with Gasteiger partial charge >= 0.3 is 0 Å². The number of alkyl halides is 1. The average Bonchev–Trinajstić information content (AvgIpc) is 2.95. The Kier molecular flexibility index (Phi) is 3.79. The zero-order valence-electron chi connectivity index (χ0n) is 10.1. The lowest BCUT2D eigenvalue weighted by Crippen LogP contribution is -1.99. The van der Waals surface area contributed by atoms with Gasteiger partial charge in [-0.2, -0.15) is 0 Å². The molecule has 0 bridgehead atoms. The minimum atomic E-state index is -0.543. The van der Waals surface area contributed by atoms with Crippen LogP contribution in [0.2, 0.25) is 0 Å². The standard InChI is InChI=1S/C13H14FNO4/c1-8-12(16)13(17)11(19-8)3-2-9-6-10(7-15-9)18-5-4-14/h3,6-7,15-17H,1-2,4-5H2/b11-3+/i14-1. The van der Waals surface area contributed by atoms with Crippen LogP contribution < -0.4 is 15.6 Å². The molecule has 0 amide bonds. The van der Waals surface area contributed by atoms with Gasteiger partial charge in [-0.15, -0.1) is 0 Å². The fourth-order valence-corrected chi connectivity index (χ4v) is 1.60. The van der Waals surface area contributed by atoms with Gasteiger partial charge in [-0.3, -0.25) is 0 Å². The molecule has 3 N–H and O–H groups in total. The molecular formula is C13H14FNO4. The number of furan rings is 1. The van der Waals surface area contributed by atoms with E-state index in [2.05, 4.69) is 11.6 Å². The Morgan fingerprint density at radius 1 is 1.42 bits per heavy atom. The van der Waals surface area contributed by atoms with E-state index in [1.165, 1.54) is 0 Å². The van der Waals surface area contributed by atoms with Gasteiger partial charge < -0.3 is 24.4 Å². The third-order valence-electron chi connectivity index (χ3n) is 2.52. The van der Waals surface area contributed by atoms with Crippen LogP contribution in [0.15, 0.2) is 16.7 Å². The monoisotopic (exact) mass is 266 g/mol. The Balaban J connectivity index is 2.11. The number of halogens is 1. The molecule has 0 aliphatic heterocycles. The van der Waals surface area contributed by atoms with Gasteiger partial charge in [0.15, 0.2) is 10.8 Å². The highest BCUT2D eigenvalue weighted by atomic mass is 18.2. The predicted molar refractivity (Wildman–Crippen MR) is 67.2 cm³/mol. The van der Waals surface area contributed by atoms with Crippen LogP contribution in [-0.4, -0.2) is 28.5 Å². The van der Waals surface area contributed by atoms with Crippen molar-refractivity contribution in [1.29, 1.82) is 0 Å². The normalized spacial score (nSPS) is 11.9. The lowest BCUT2D eigenvalue weighted by atomic mass is 10.3. The van der Waals surface area contributed by atoms with Crippen LogP contribution in [0.4, 0.5) is 4.39 Å². The summed E-state index contributed by atoms with van der Waals surface area (Å²) in [6, 6.07) is 1.72. The largest absolute Gasteiger partial charge is 0.502 e. The molecule has 19 heavy (non-hydrogen) atoms. The maximum atomic E-state index is 11.9. The first-order chi connectivity index (χ1) is 9.11. The lowest BCUT2D eigenvalue weighted by molar-refractivity contribution is 0.273. The summed E-state index contributed by atoms with van der Waals surface area (Å²) < 4.78 is 22.1. The van der Waals surface area contributed by atoms with Gasteiger partial charge in [0.25, 0.3) is 0 Å². The van der Waals surface area contributed by atoms with Crippen LogP contribution in [0.25, 0.3) is 12.7 Å². The van der Waals surface area contributed by atoms with Crippen LogP contribution in [0.1, 0.15) is 5.69 Å². The van der Waals surface area contributed by atoms with Crippen molar-refractivity contribution in [2.45, 2.75) is 6.42 Å². The highest BCUT2D eigenvalue weighted by Gasteiger charge is 2.07. The molecule has 0 fully saturated rings. The van der Waals surface area contributed by atoms with Crippen molar-refractivity contribution in [1.82, 2.24) is 4.98 Å². The number of aromatic nitrogens is 1. The van der Waals surface area contributed by atoms with Crippen LogP contribution in [0.3, 0.4) is 0 Å². The Labute approximate surface area is 108 Å². The summed E-state index contributed by atoms with van der Waals surface area (Å²) >= 11 is 0. The first kappa shape index (κ1) is 13.1. The zero-order valence-corrected chi connectivity index (χ0v) is 10.1. The van der Waals surface area contributed by atoms with Crippen LogP contribution in [-0.2, 0) is 6.42 Å². The van der Waals surface area contributed by atoms with Crippen molar-refractivity contribution < 1.29 is 23.8 Å². The summed E-state index contributed by atoms with van der Waals surface area (Å²) in [6.07, 6.45) is 3.64. The maximum Gasteiger partial charge on any atom is 0.204 e. The fraction of sp³-hybridized carbons (Fsp3) is 0.231. The second-order valence-electron chi connectivity index (χ2n) is 3.89. The smallest absolute Gasteiger partial charge is 0.204 e. The van der Waals surface area contributed by atoms with Gasteiger partial charge in [0.2, 0.25) is 11.5 Å². The summed E-state index contributed by atoms with van der Waals surface area (Å²) in [5.74, 6) is -0.138. The number of hydrogen-bond acceptors (Lipinski definition) is 4. The summed E-state index contributed by atoms with van der Waals surface area (Å²) in [5.41, 5.74) is 0.972. The highest BCUT2D eigenvalue weighted by molar-refractivity contribution is 5.41. The van der Waals surface area contributed by atoms with Gasteiger partial charge in [0.1, 0.15) is 19.0 Å². The van der Waals surface area contributed by atoms with Crippen molar-refractivity contribution in [3.8, 4) is 17.2 Å². The molecule has 0 unspecified atom stereocenters. The Morgan fingerprint density at radius 3 is 2.84 bits per heavy atom. The number of rotatable bonds is 5. The summed E-state index contributed by atoms with van der Waals surface area (Å²) in [5, 5.41) is 18.9. The minimum absolute atomic E-state index is 0.0126. The quantitative estimate of drug-likeness (QED) is 0.748. The van der Waals surface area contributed by atoms with Crippen molar-refractivity contribution in [2.24, 2.45) is 0 Å². The Morgan fingerprint density at radius 2 is 2.21 bits per heavy atom. The topological polar surface area (TPSA) is 78.6 Å². The molecule has 6 heteroatoms. The van der Waals surface area contributed by atoms with E-state index in [1.54, 1.807) is 18.3 Å². The molecular weight excluding hydrogens is 252 g/mol. The molecule has 2 heterocycles. The first-order valence-corrected chi connectivity index (χ1v) is 5.67. The molecule has 2 rings (SSSR count). The van der Waals surface area contributed by atoms with E-state index in [9.17, 15) is 14.6 Å². The molecule has 5 nitrogen and oxygen atoms in total. The van der Waals surface area contributed by atoms with Crippen molar-refractivity contribution in [2.75, 3.05) is 13.3 Å². The second kappa shape index (κ2) is 5.51. The molecule has 0 spiro atoms. The molecule has 0 saturated carbocycles. The van der Waals surface area contributed by atoms with Crippen LogP contribution >= 0.6 is 0 Å². The zero-order chi connectivity index (χ0) is 13.8. The Hall–Kier alpha value is -2.37. The second-order valence-corrected chi connectivity index (χ2v) is 3.89. The fourth-order valence-electron chi connectivity index (χ4n) is 1.60. The summed E-state index contributed by atoms with van der Waals surface area (Å²) in [7, 11) is 0. The third-order valence-corrected chi connectivity index (χ3v) is 2.52. The van der Waals surface area contributed by atoms with E-state index in [1.807, 2.05) is 0 Å².